The number of carbonyl (C=O) groups is 1. The number of azide groups is 1. The van der Waals surface area contributed by atoms with E-state index in [0.29, 0.717) is 11.3 Å². The van der Waals surface area contributed by atoms with Crippen LogP contribution in [0.15, 0.2) is 29.4 Å². The van der Waals surface area contributed by atoms with E-state index in [2.05, 4.69) is 26.6 Å². The lowest BCUT2D eigenvalue weighted by molar-refractivity contribution is -0.139. The van der Waals surface area contributed by atoms with Crippen LogP contribution >= 0.6 is 0 Å². The number of methoxy groups -OCH3 is 1. The summed E-state index contributed by atoms with van der Waals surface area (Å²) in [5.41, 5.74) is 9.43. The van der Waals surface area contributed by atoms with Crippen molar-refractivity contribution in [2.75, 3.05) is 7.11 Å². The molecule has 1 aromatic rings. The molecule has 0 atom stereocenters. The molecule has 0 unspecified atom stereocenters. The predicted molar refractivity (Wildman–Crippen MR) is 58.8 cm³/mol. The number of hydrogen-bond acceptors (Lipinski definition) is 3. The minimum Gasteiger partial charge on any atom is -0.468 e. The summed E-state index contributed by atoms with van der Waals surface area (Å²) in [5.74, 6) is 5.06. The summed E-state index contributed by atoms with van der Waals surface area (Å²) < 4.78 is 4.44. The molecule has 0 aromatic heterocycles. The molecule has 0 radical (unpaired) electrons. The Balaban J connectivity index is 2.77. The standard InChI is InChI=1S/C11H9N3O2/c1-16-11(15)7-3-5-9-4-2-6-10(8-9)13-14-12/h2,4,6,8H,7H2,1H3. The predicted octanol–water partition coefficient (Wildman–Crippen LogP) is 2.54. The minimum atomic E-state index is -0.376. The van der Waals surface area contributed by atoms with E-state index < -0.39 is 0 Å². The monoisotopic (exact) mass is 215 g/mol. The molecule has 1 rings (SSSR count). The van der Waals surface area contributed by atoms with Gasteiger partial charge in [0.15, 0.2) is 0 Å². The van der Waals surface area contributed by atoms with E-state index in [9.17, 15) is 4.79 Å². The molecule has 0 heterocycles. The number of benzene rings is 1. The van der Waals surface area contributed by atoms with Gasteiger partial charge in [-0.3, -0.25) is 4.79 Å². The summed E-state index contributed by atoms with van der Waals surface area (Å²) in [4.78, 5) is 13.5. The quantitative estimate of drug-likeness (QED) is 0.250. The molecule has 5 heteroatoms. The zero-order chi connectivity index (χ0) is 11.8. The maximum atomic E-state index is 10.8. The van der Waals surface area contributed by atoms with Crippen molar-refractivity contribution in [1.82, 2.24) is 0 Å². The van der Waals surface area contributed by atoms with Crippen LogP contribution in [0.5, 0.6) is 0 Å². The summed E-state index contributed by atoms with van der Waals surface area (Å²) in [7, 11) is 1.31. The summed E-state index contributed by atoms with van der Waals surface area (Å²) in [6.07, 6.45) is 0.0439. The zero-order valence-corrected chi connectivity index (χ0v) is 8.67. The normalized spacial score (nSPS) is 8.31. The van der Waals surface area contributed by atoms with Gasteiger partial charge in [-0.2, -0.15) is 0 Å². The Morgan fingerprint density at radius 2 is 2.44 bits per heavy atom. The summed E-state index contributed by atoms with van der Waals surface area (Å²) >= 11 is 0. The summed E-state index contributed by atoms with van der Waals surface area (Å²) in [5, 5.41) is 3.45. The molecule has 0 N–H and O–H groups in total. The van der Waals surface area contributed by atoms with E-state index >= 15 is 0 Å². The Kier molecular flexibility index (Phi) is 4.45. The Bertz CT molecular complexity index is 493. The lowest BCUT2D eigenvalue weighted by Gasteiger charge is -1.92. The van der Waals surface area contributed by atoms with Crippen LogP contribution < -0.4 is 0 Å². The van der Waals surface area contributed by atoms with Crippen LogP contribution in [0.1, 0.15) is 12.0 Å². The second-order valence-corrected chi connectivity index (χ2v) is 2.79. The van der Waals surface area contributed by atoms with Gasteiger partial charge in [-0.25, -0.2) is 0 Å². The first-order chi connectivity index (χ1) is 7.76. The van der Waals surface area contributed by atoms with Crippen molar-refractivity contribution in [1.29, 1.82) is 0 Å². The SMILES string of the molecule is COC(=O)CC#Cc1cccc(N=[N+]=[N-])c1. The molecule has 0 aliphatic heterocycles. The van der Waals surface area contributed by atoms with E-state index in [4.69, 9.17) is 5.53 Å². The molecule has 0 amide bonds. The number of nitrogens with zero attached hydrogens (tertiary/aromatic N) is 3. The smallest absolute Gasteiger partial charge is 0.317 e. The van der Waals surface area contributed by atoms with Crippen molar-refractivity contribution in [2.45, 2.75) is 6.42 Å². The Hall–Kier alpha value is -2.44. The van der Waals surface area contributed by atoms with Crippen molar-refractivity contribution in [3.05, 3.63) is 40.3 Å². The van der Waals surface area contributed by atoms with E-state index in [0.717, 1.165) is 0 Å². The molecule has 0 saturated carbocycles. The van der Waals surface area contributed by atoms with Crippen molar-refractivity contribution < 1.29 is 9.53 Å². The fraction of sp³-hybridized carbons (Fsp3) is 0.182. The molecule has 0 saturated heterocycles. The van der Waals surface area contributed by atoms with E-state index in [1.807, 2.05) is 0 Å². The molecular weight excluding hydrogens is 206 g/mol. The molecule has 0 aliphatic rings. The van der Waals surface area contributed by atoms with Crippen LogP contribution in [0.4, 0.5) is 5.69 Å². The molecule has 0 bridgehead atoms. The first kappa shape index (κ1) is 11.6. The van der Waals surface area contributed by atoms with E-state index in [1.54, 1.807) is 24.3 Å². The van der Waals surface area contributed by atoms with Gasteiger partial charge in [-0.15, -0.1) is 0 Å². The van der Waals surface area contributed by atoms with E-state index in [-0.39, 0.29) is 12.4 Å². The Morgan fingerprint density at radius 1 is 1.62 bits per heavy atom. The fourth-order valence-corrected chi connectivity index (χ4v) is 0.988. The van der Waals surface area contributed by atoms with Crippen LogP contribution in [0.3, 0.4) is 0 Å². The van der Waals surface area contributed by atoms with Gasteiger partial charge in [0.05, 0.1) is 7.11 Å². The molecule has 0 fully saturated rings. The highest BCUT2D eigenvalue weighted by Crippen LogP contribution is 2.13. The molecule has 1 aromatic carbocycles. The average Bonchev–Trinajstić information content (AvgIpc) is 2.30. The van der Waals surface area contributed by atoms with Crippen molar-refractivity contribution in [2.24, 2.45) is 5.11 Å². The van der Waals surface area contributed by atoms with Gasteiger partial charge in [0.2, 0.25) is 0 Å². The Morgan fingerprint density at radius 3 is 3.12 bits per heavy atom. The zero-order valence-electron chi connectivity index (χ0n) is 8.67. The summed E-state index contributed by atoms with van der Waals surface area (Å²) in [6.45, 7) is 0. The number of carbonyl (C=O) groups excluding carboxylic acids is 1. The van der Waals surface area contributed by atoms with Gasteiger partial charge >= 0.3 is 5.97 Å². The molecule has 5 nitrogen and oxygen atoms in total. The van der Waals surface area contributed by atoms with Gasteiger partial charge in [0, 0.05) is 16.2 Å². The van der Waals surface area contributed by atoms with Crippen LogP contribution in [0, 0.1) is 11.8 Å². The van der Waals surface area contributed by atoms with Gasteiger partial charge in [-0.1, -0.05) is 29.1 Å². The van der Waals surface area contributed by atoms with Crippen LogP contribution in [0.25, 0.3) is 10.4 Å². The topological polar surface area (TPSA) is 75.1 Å². The molecular formula is C11H9N3O2. The van der Waals surface area contributed by atoms with Crippen molar-refractivity contribution >= 4 is 11.7 Å². The van der Waals surface area contributed by atoms with Crippen molar-refractivity contribution in [3.8, 4) is 11.8 Å². The van der Waals surface area contributed by atoms with Crippen LogP contribution in [-0.4, -0.2) is 13.1 Å². The van der Waals surface area contributed by atoms with Gasteiger partial charge in [-0.05, 0) is 17.7 Å². The molecule has 16 heavy (non-hydrogen) atoms. The third-order valence-corrected chi connectivity index (χ3v) is 1.70. The van der Waals surface area contributed by atoms with Crippen LogP contribution in [-0.2, 0) is 9.53 Å². The maximum absolute atomic E-state index is 10.8. The minimum absolute atomic E-state index is 0.0439. The van der Waals surface area contributed by atoms with Gasteiger partial charge in [0.1, 0.15) is 6.42 Å². The lowest BCUT2D eigenvalue weighted by Crippen LogP contribution is -1.96. The fourth-order valence-electron chi connectivity index (χ4n) is 0.988. The van der Waals surface area contributed by atoms with Crippen LogP contribution in [0.2, 0.25) is 0 Å². The second-order valence-electron chi connectivity index (χ2n) is 2.79. The number of esters is 1. The highest BCUT2D eigenvalue weighted by molar-refractivity contribution is 5.72. The third-order valence-electron chi connectivity index (χ3n) is 1.70. The van der Waals surface area contributed by atoms with Crippen molar-refractivity contribution in [3.63, 3.8) is 0 Å². The lowest BCUT2D eigenvalue weighted by atomic mass is 10.2. The molecule has 0 spiro atoms. The third kappa shape index (κ3) is 3.74. The highest BCUT2D eigenvalue weighted by Gasteiger charge is 1.94. The number of ether oxygens (including phenoxy) is 1. The maximum Gasteiger partial charge on any atom is 0.317 e. The average molecular weight is 215 g/mol. The highest BCUT2D eigenvalue weighted by atomic mass is 16.5. The number of hydrogen-bond donors (Lipinski definition) is 0. The largest absolute Gasteiger partial charge is 0.468 e. The van der Waals surface area contributed by atoms with Gasteiger partial charge < -0.3 is 4.74 Å². The second kappa shape index (κ2) is 6.12. The summed E-state index contributed by atoms with van der Waals surface area (Å²) in [6, 6.07) is 6.81. The molecule has 80 valence electrons. The Labute approximate surface area is 92.7 Å². The molecule has 0 aliphatic carbocycles. The first-order valence-electron chi connectivity index (χ1n) is 4.47. The van der Waals surface area contributed by atoms with E-state index in [1.165, 1.54) is 7.11 Å². The first-order valence-corrected chi connectivity index (χ1v) is 4.47. The van der Waals surface area contributed by atoms with Gasteiger partial charge in [0.25, 0.3) is 0 Å². The number of rotatable bonds is 2.